The summed E-state index contributed by atoms with van der Waals surface area (Å²) in [5.74, 6) is -1.68. The molecule has 2 unspecified atom stereocenters. The van der Waals surface area contributed by atoms with Gasteiger partial charge in [-0.05, 0) is 44.0 Å². The largest absolute Gasteiger partial charge is 0.465 e. The molecular weight excluding hydrogens is 280 g/mol. The molecule has 0 radical (unpaired) electrons. The van der Waals surface area contributed by atoms with Crippen molar-refractivity contribution in [2.75, 3.05) is 13.2 Å². The van der Waals surface area contributed by atoms with Gasteiger partial charge in [-0.15, -0.1) is 0 Å². The number of ether oxygens (including phenoxy) is 2. The third kappa shape index (κ3) is 3.38. The van der Waals surface area contributed by atoms with Gasteiger partial charge in [-0.25, -0.2) is 0 Å². The Kier molecular flexibility index (Phi) is 5.15. The summed E-state index contributed by atoms with van der Waals surface area (Å²) in [5, 5.41) is 0.548. The number of carbonyl (C=O) groups excluding carboxylic acids is 2. The van der Waals surface area contributed by atoms with Crippen molar-refractivity contribution in [1.29, 1.82) is 0 Å². The van der Waals surface area contributed by atoms with Gasteiger partial charge < -0.3 is 9.47 Å². The van der Waals surface area contributed by atoms with Crippen LogP contribution in [0.15, 0.2) is 24.3 Å². The minimum absolute atomic E-state index is 0.246. The summed E-state index contributed by atoms with van der Waals surface area (Å²) in [5.41, 5.74) is 0.447. The summed E-state index contributed by atoms with van der Waals surface area (Å²) in [6.07, 6.45) is 1.16. The lowest BCUT2D eigenvalue weighted by molar-refractivity contribution is -0.149. The lowest BCUT2D eigenvalue weighted by Gasteiger charge is -2.20. The van der Waals surface area contributed by atoms with Gasteiger partial charge in [0.25, 0.3) is 0 Å². The minimum atomic E-state index is -0.890. The Morgan fingerprint density at radius 2 is 2.10 bits per heavy atom. The number of ketones is 1. The predicted molar refractivity (Wildman–Crippen MR) is 74.9 cm³/mol. The van der Waals surface area contributed by atoms with Crippen molar-refractivity contribution < 1.29 is 19.1 Å². The second-order valence-electron chi connectivity index (χ2n) is 4.65. The normalized spacial score (nSPS) is 19.6. The predicted octanol–water partition coefficient (Wildman–Crippen LogP) is 2.88. The molecule has 2 atom stereocenters. The molecule has 1 aromatic rings. The first-order valence-corrected chi connectivity index (χ1v) is 7.09. The monoisotopic (exact) mass is 296 g/mol. The van der Waals surface area contributed by atoms with Gasteiger partial charge in [-0.2, -0.15) is 0 Å². The van der Waals surface area contributed by atoms with E-state index in [-0.39, 0.29) is 12.4 Å². The molecular formula is C15H17ClO4. The first kappa shape index (κ1) is 15.0. The lowest BCUT2D eigenvalue weighted by Crippen LogP contribution is -2.36. The van der Waals surface area contributed by atoms with Gasteiger partial charge in [0.05, 0.1) is 12.7 Å². The second-order valence-corrected chi connectivity index (χ2v) is 5.09. The lowest BCUT2D eigenvalue weighted by atomic mass is 9.91. The summed E-state index contributed by atoms with van der Waals surface area (Å²) in [6, 6.07) is 6.50. The molecule has 1 saturated heterocycles. The Balaban J connectivity index is 2.22. The summed E-state index contributed by atoms with van der Waals surface area (Å²) in [6.45, 7) is 2.54. The summed E-state index contributed by atoms with van der Waals surface area (Å²) in [4.78, 5) is 24.6. The van der Waals surface area contributed by atoms with Gasteiger partial charge in [-0.3, -0.25) is 9.59 Å². The molecule has 0 spiro atoms. The molecule has 0 aromatic heterocycles. The molecule has 0 bridgehead atoms. The maximum absolute atomic E-state index is 12.5. The van der Waals surface area contributed by atoms with Crippen LogP contribution in [0.2, 0.25) is 5.02 Å². The fourth-order valence-electron chi connectivity index (χ4n) is 2.32. The zero-order valence-corrected chi connectivity index (χ0v) is 12.1. The number of carbonyl (C=O) groups is 2. The van der Waals surface area contributed by atoms with Gasteiger partial charge in [-0.1, -0.05) is 11.6 Å². The highest BCUT2D eigenvalue weighted by Crippen LogP contribution is 2.25. The van der Waals surface area contributed by atoms with Crippen LogP contribution in [0, 0.1) is 5.92 Å². The van der Waals surface area contributed by atoms with Crippen molar-refractivity contribution in [2.24, 2.45) is 5.92 Å². The average Bonchev–Trinajstić information content (AvgIpc) is 2.94. The molecule has 1 heterocycles. The van der Waals surface area contributed by atoms with E-state index in [1.165, 1.54) is 0 Å². The van der Waals surface area contributed by atoms with Crippen LogP contribution in [0.25, 0.3) is 0 Å². The Labute approximate surface area is 123 Å². The van der Waals surface area contributed by atoms with E-state index in [0.29, 0.717) is 23.6 Å². The number of hydrogen-bond donors (Lipinski definition) is 0. The standard InChI is InChI=1S/C15H17ClO4/c1-2-19-15(18)13(12-4-3-9-20-12)14(17)10-5-7-11(16)8-6-10/h5-8,12-13H,2-4,9H2,1H3. The molecule has 1 aliphatic rings. The number of esters is 1. The van der Waals surface area contributed by atoms with Crippen LogP contribution in [0.4, 0.5) is 0 Å². The summed E-state index contributed by atoms with van der Waals surface area (Å²) < 4.78 is 10.5. The number of rotatable bonds is 5. The molecule has 1 aliphatic heterocycles. The highest BCUT2D eigenvalue weighted by atomic mass is 35.5. The molecule has 0 aliphatic carbocycles. The zero-order chi connectivity index (χ0) is 14.5. The van der Waals surface area contributed by atoms with Crippen LogP contribution in [-0.2, 0) is 14.3 Å². The van der Waals surface area contributed by atoms with E-state index in [9.17, 15) is 9.59 Å². The molecule has 0 saturated carbocycles. The van der Waals surface area contributed by atoms with Gasteiger partial charge in [0.15, 0.2) is 5.78 Å². The minimum Gasteiger partial charge on any atom is -0.465 e. The van der Waals surface area contributed by atoms with Gasteiger partial charge >= 0.3 is 5.97 Å². The fourth-order valence-corrected chi connectivity index (χ4v) is 2.44. The smallest absolute Gasteiger partial charge is 0.319 e. The zero-order valence-electron chi connectivity index (χ0n) is 11.3. The third-order valence-electron chi connectivity index (χ3n) is 3.29. The number of halogens is 1. The van der Waals surface area contributed by atoms with E-state index in [0.717, 1.165) is 6.42 Å². The molecule has 2 rings (SSSR count). The van der Waals surface area contributed by atoms with E-state index < -0.39 is 18.0 Å². The van der Waals surface area contributed by atoms with E-state index in [4.69, 9.17) is 21.1 Å². The van der Waals surface area contributed by atoms with E-state index in [1.54, 1.807) is 31.2 Å². The Bertz CT molecular complexity index is 477. The van der Waals surface area contributed by atoms with E-state index in [2.05, 4.69) is 0 Å². The van der Waals surface area contributed by atoms with Crippen molar-refractivity contribution in [1.82, 2.24) is 0 Å². The number of Topliss-reactive ketones (excluding diaryl/α,β-unsaturated/α-hetero) is 1. The SMILES string of the molecule is CCOC(=O)C(C(=O)c1ccc(Cl)cc1)C1CCCO1. The van der Waals surface area contributed by atoms with Crippen LogP contribution in [0.1, 0.15) is 30.1 Å². The Morgan fingerprint density at radius 1 is 1.40 bits per heavy atom. The first-order valence-electron chi connectivity index (χ1n) is 6.71. The highest BCUT2D eigenvalue weighted by molar-refractivity contribution is 6.30. The topological polar surface area (TPSA) is 52.6 Å². The Hall–Kier alpha value is -1.39. The van der Waals surface area contributed by atoms with Crippen molar-refractivity contribution in [2.45, 2.75) is 25.9 Å². The number of benzene rings is 1. The van der Waals surface area contributed by atoms with Crippen LogP contribution in [0.5, 0.6) is 0 Å². The molecule has 108 valence electrons. The molecule has 5 heteroatoms. The van der Waals surface area contributed by atoms with Crippen LogP contribution < -0.4 is 0 Å². The van der Waals surface area contributed by atoms with Crippen molar-refractivity contribution in [3.05, 3.63) is 34.9 Å². The van der Waals surface area contributed by atoms with Crippen molar-refractivity contribution in [3.63, 3.8) is 0 Å². The summed E-state index contributed by atoms with van der Waals surface area (Å²) in [7, 11) is 0. The van der Waals surface area contributed by atoms with Crippen LogP contribution in [-0.4, -0.2) is 31.1 Å². The summed E-state index contributed by atoms with van der Waals surface area (Å²) >= 11 is 5.81. The molecule has 1 fully saturated rings. The molecule has 0 N–H and O–H groups in total. The van der Waals surface area contributed by atoms with Gasteiger partial charge in [0, 0.05) is 17.2 Å². The van der Waals surface area contributed by atoms with Gasteiger partial charge in [0.1, 0.15) is 5.92 Å². The first-order chi connectivity index (χ1) is 9.63. The fraction of sp³-hybridized carbons (Fsp3) is 0.467. The van der Waals surface area contributed by atoms with Crippen molar-refractivity contribution >= 4 is 23.4 Å². The van der Waals surface area contributed by atoms with Gasteiger partial charge in [0.2, 0.25) is 0 Å². The highest BCUT2D eigenvalue weighted by Gasteiger charge is 2.38. The van der Waals surface area contributed by atoms with E-state index >= 15 is 0 Å². The average molecular weight is 297 g/mol. The third-order valence-corrected chi connectivity index (χ3v) is 3.54. The van der Waals surface area contributed by atoms with E-state index in [1.807, 2.05) is 0 Å². The molecule has 4 nitrogen and oxygen atoms in total. The second kappa shape index (κ2) is 6.86. The maximum Gasteiger partial charge on any atom is 0.319 e. The Morgan fingerprint density at radius 3 is 2.65 bits per heavy atom. The molecule has 1 aromatic carbocycles. The van der Waals surface area contributed by atoms with Crippen LogP contribution in [0.3, 0.4) is 0 Å². The van der Waals surface area contributed by atoms with Crippen molar-refractivity contribution in [3.8, 4) is 0 Å². The molecule has 20 heavy (non-hydrogen) atoms. The van der Waals surface area contributed by atoms with Crippen LogP contribution >= 0.6 is 11.6 Å². The quantitative estimate of drug-likeness (QED) is 0.476. The number of hydrogen-bond acceptors (Lipinski definition) is 4. The molecule has 0 amide bonds. The maximum atomic E-state index is 12.5.